The van der Waals surface area contributed by atoms with Crippen molar-refractivity contribution in [3.63, 3.8) is 0 Å². The van der Waals surface area contributed by atoms with Crippen molar-refractivity contribution in [2.24, 2.45) is 5.73 Å². The van der Waals surface area contributed by atoms with Crippen LogP contribution in [0.15, 0.2) is 0 Å². The molecule has 3 unspecified atom stereocenters. The SMILES string of the molecule is CCC(C)NC1(C(N)=O)CCSC1C. The second kappa shape index (κ2) is 4.53. The molecule has 82 valence electrons. The van der Waals surface area contributed by atoms with Crippen LogP contribution in [0.5, 0.6) is 0 Å². The number of hydrogen-bond donors (Lipinski definition) is 2. The zero-order valence-corrected chi connectivity index (χ0v) is 9.99. The predicted octanol–water partition coefficient (Wildman–Crippen LogP) is 1.12. The maximum Gasteiger partial charge on any atom is 0.238 e. The van der Waals surface area contributed by atoms with Crippen molar-refractivity contribution >= 4 is 17.7 Å². The van der Waals surface area contributed by atoms with Crippen molar-refractivity contribution in [3.05, 3.63) is 0 Å². The maximum absolute atomic E-state index is 11.5. The quantitative estimate of drug-likeness (QED) is 0.740. The Bertz CT molecular complexity index is 222. The van der Waals surface area contributed by atoms with Crippen LogP contribution in [0.2, 0.25) is 0 Å². The minimum atomic E-state index is -0.472. The molecular formula is C10H20N2OS. The summed E-state index contributed by atoms with van der Waals surface area (Å²) < 4.78 is 0. The van der Waals surface area contributed by atoms with Crippen molar-refractivity contribution in [1.82, 2.24) is 5.32 Å². The number of nitrogens with two attached hydrogens (primary N) is 1. The first-order valence-corrected chi connectivity index (χ1v) is 6.27. The molecule has 1 rings (SSSR count). The predicted molar refractivity (Wildman–Crippen MR) is 61.4 cm³/mol. The third kappa shape index (κ3) is 2.06. The molecule has 3 N–H and O–H groups in total. The van der Waals surface area contributed by atoms with E-state index in [4.69, 9.17) is 5.73 Å². The second-order valence-electron chi connectivity index (χ2n) is 4.05. The first kappa shape index (κ1) is 11.9. The van der Waals surface area contributed by atoms with Gasteiger partial charge in [0.05, 0.1) is 0 Å². The van der Waals surface area contributed by atoms with Gasteiger partial charge in [-0.15, -0.1) is 0 Å². The summed E-state index contributed by atoms with van der Waals surface area (Å²) in [4.78, 5) is 11.5. The van der Waals surface area contributed by atoms with Gasteiger partial charge < -0.3 is 5.73 Å². The van der Waals surface area contributed by atoms with Crippen LogP contribution in [0.1, 0.15) is 33.6 Å². The van der Waals surface area contributed by atoms with Gasteiger partial charge in [-0.3, -0.25) is 10.1 Å². The van der Waals surface area contributed by atoms with Gasteiger partial charge in [-0.1, -0.05) is 13.8 Å². The minimum Gasteiger partial charge on any atom is -0.368 e. The Morgan fingerprint density at radius 2 is 2.43 bits per heavy atom. The van der Waals surface area contributed by atoms with Gasteiger partial charge in [0.2, 0.25) is 5.91 Å². The Labute approximate surface area is 90.2 Å². The lowest BCUT2D eigenvalue weighted by atomic mass is 9.90. The molecule has 4 heteroatoms. The van der Waals surface area contributed by atoms with E-state index in [0.29, 0.717) is 6.04 Å². The molecule has 3 nitrogen and oxygen atoms in total. The molecule has 0 bridgehead atoms. The molecule has 0 aromatic carbocycles. The number of carbonyl (C=O) groups is 1. The standard InChI is InChI=1S/C10H20N2OS/c1-4-7(2)12-10(9(11)13)5-6-14-8(10)3/h7-8,12H,4-6H2,1-3H3,(H2,11,13). The molecule has 1 fully saturated rings. The lowest BCUT2D eigenvalue weighted by Gasteiger charge is -2.33. The number of amides is 1. The topological polar surface area (TPSA) is 55.1 Å². The number of thioether (sulfide) groups is 1. The average molecular weight is 216 g/mol. The third-order valence-electron chi connectivity index (χ3n) is 3.11. The van der Waals surface area contributed by atoms with E-state index in [1.807, 2.05) is 11.8 Å². The summed E-state index contributed by atoms with van der Waals surface area (Å²) in [5.41, 5.74) is 5.04. The number of carbonyl (C=O) groups excluding carboxylic acids is 1. The van der Waals surface area contributed by atoms with Gasteiger partial charge in [0, 0.05) is 11.3 Å². The molecule has 0 aromatic heterocycles. The summed E-state index contributed by atoms with van der Waals surface area (Å²) in [5.74, 6) is 0.823. The fraction of sp³-hybridized carbons (Fsp3) is 0.900. The molecule has 0 aliphatic carbocycles. The molecule has 1 aliphatic heterocycles. The number of nitrogens with one attached hydrogen (secondary N) is 1. The highest BCUT2D eigenvalue weighted by Crippen LogP contribution is 2.35. The van der Waals surface area contributed by atoms with E-state index < -0.39 is 5.54 Å². The van der Waals surface area contributed by atoms with Crippen LogP contribution >= 0.6 is 11.8 Å². The van der Waals surface area contributed by atoms with E-state index in [0.717, 1.165) is 18.6 Å². The van der Waals surface area contributed by atoms with Gasteiger partial charge in [0.25, 0.3) is 0 Å². The monoisotopic (exact) mass is 216 g/mol. The smallest absolute Gasteiger partial charge is 0.238 e. The van der Waals surface area contributed by atoms with Crippen LogP contribution in [0.25, 0.3) is 0 Å². The van der Waals surface area contributed by atoms with Gasteiger partial charge >= 0.3 is 0 Å². The Hall–Kier alpha value is -0.220. The van der Waals surface area contributed by atoms with Gasteiger partial charge in [-0.25, -0.2) is 0 Å². The largest absolute Gasteiger partial charge is 0.368 e. The zero-order valence-electron chi connectivity index (χ0n) is 9.17. The summed E-state index contributed by atoms with van der Waals surface area (Å²) in [6.07, 6.45) is 1.88. The number of primary amides is 1. The number of hydrogen-bond acceptors (Lipinski definition) is 3. The van der Waals surface area contributed by atoms with Gasteiger partial charge in [0.15, 0.2) is 0 Å². The van der Waals surface area contributed by atoms with E-state index in [2.05, 4.69) is 26.1 Å². The van der Waals surface area contributed by atoms with Crippen LogP contribution in [-0.2, 0) is 4.79 Å². The molecule has 1 aliphatic rings. The molecule has 3 atom stereocenters. The molecule has 1 heterocycles. The fourth-order valence-electron chi connectivity index (χ4n) is 1.87. The summed E-state index contributed by atoms with van der Waals surface area (Å²) in [6, 6.07) is 0.351. The zero-order chi connectivity index (χ0) is 10.8. The van der Waals surface area contributed by atoms with Crippen molar-refractivity contribution < 1.29 is 4.79 Å². The summed E-state index contributed by atoms with van der Waals surface area (Å²) in [6.45, 7) is 6.29. The fourth-order valence-corrected chi connectivity index (χ4v) is 3.25. The highest BCUT2D eigenvalue weighted by atomic mass is 32.2. The lowest BCUT2D eigenvalue weighted by Crippen LogP contribution is -2.61. The van der Waals surface area contributed by atoms with E-state index in [-0.39, 0.29) is 11.2 Å². The maximum atomic E-state index is 11.5. The van der Waals surface area contributed by atoms with Crippen LogP contribution in [-0.4, -0.2) is 28.5 Å². The van der Waals surface area contributed by atoms with E-state index in [9.17, 15) is 4.79 Å². The number of rotatable bonds is 4. The van der Waals surface area contributed by atoms with E-state index >= 15 is 0 Å². The van der Waals surface area contributed by atoms with E-state index in [1.54, 1.807) is 0 Å². The molecular weight excluding hydrogens is 196 g/mol. The molecule has 1 amide bonds. The highest BCUT2D eigenvalue weighted by Gasteiger charge is 2.46. The van der Waals surface area contributed by atoms with Crippen LogP contribution in [0, 0.1) is 0 Å². The van der Waals surface area contributed by atoms with Gasteiger partial charge in [-0.05, 0) is 25.5 Å². The molecule has 14 heavy (non-hydrogen) atoms. The van der Waals surface area contributed by atoms with Gasteiger partial charge in [-0.2, -0.15) is 11.8 Å². The lowest BCUT2D eigenvalue weighted by molar-refractivity contribution is -0.124. The second-order valence-corrected chi connectivity index (χ2v) is 5.50. The molecule has 0 aromatic rings. The van der Waals surface area contributed by atoms with Crippen LogP contribution in [0.3, 0.4) is 0 Å². The van der Waals surface area contributed by atoms with E-state index in [1.165, 1.54) is 0 Å². The normalized spacial score (nSPS) is 34.4. The Balaban J connectivity index is 2.77. The van der Waals surface area contributed by atoms with Crippen molar-refractivity contribution in [3.8, 4) is 0 Å². The van der Waals surface area contributed by atoms with Crippen LogP contribution < -0.4 is 11.1 Å². The van der Waals surface area contributed by atoms with Crippen molar-refractivity contribution in [1.29, 1.82) is 0 Å². The minimum absolute atomic E-state index is 0.199. The summed E-state index contributed by atoms with van der Waals surface area (Å²) >= 11 is 1.82. The molecule has 0 radical (unpaired) electrons. The average Bonchev–Trinajstić information content (AvgIpc) is 2.49. The summed E-state index contributed by atoms with van der Waals surface area (Å²) in [7, 11) is 0. The Morgan fingerprint density at radius 3 is 2.79 bits per heavy atom. The molecule has 0 spiro atoms. The summed E-state index contributed by atoms with van der Waals surface area (Å²) in [5, 5.41) is 3.68. The van der Waals surface area contributed by atoms with Crippen molar-refractivity contribution in [2.75, 3.05) is 5.75 Å². The Morgan fingerprint density at radius 1 is 1.79 bits per heavy atom. The molecule has 0 saturated carbocycles. The highest BCUT2D eigenvalue weighted by molar-refractivity contribution is 8.00. The molecule has 1 saturated heterocycles. The third-order valence-corrected chi connectivity index (χ3v) is 4.46. The van der Waals surface area contributed by atoms with Crippen LogP contribution in [0.4, 0.5) is 0 Å². The first-order chi connectivity index (χ1) is 6.53. The van der Waals surface area contributed by atoms with Crippen molar-refractivity contribution in [2.45, 2.75) is 50.4 Å². The van der Waals surface area contributed by atoms with Gasteiger partial charge in [0.1, 0.15) is 5.54 Å². The first-order valence-electron chi connectivity index (χ1n) is 5.22. The Kier molecular flexibility index (Phi) is 3.84.